The first kappa shape index (κ1) is 15.7. The Hall–Kier alpha value is -1.69. The molecule has 6 heteroatoms. The number of hydrogen-bond donors (Lipinski definition) is 1. The summed E-state index contributed by atoms with van der Waals surface area (Å²) in [4.78, 5) is 11.8. The second kappa shape index (κ2) is 6.39. The third-order valence-corrected chi connectivity index (χ3v) is 3.68. The molecule has 0 spiro atoms. The van der Waals surface area contributed by atoms with Crippen molar-refractivity contribution in [3.63, 3.8) is 0 Å². The molecule has 21 heavy (non-hydrogen) atoms. The maximum atomic E-state index is 13.0. The minimum Gasteiger partial charge on any atom is -0.304 e. The molecule has 0 amide bonds. The fraction of sp³-hybridized carbons (Fsp3) is 0.267. The number of aromatic nitrogens is 1. The minimum absolute atomic E-state index is 0.0535. The zero-order valence-corrected chi connectivity index (χ0v) is 11.9. The largest absolute Gasteiger partial charge is 0.431 e. The highest BCUT2D eigenvalue weighted by atomic mass is 32.1. The third-order valence-electron chi connectivity index (χ3n) is 3.23. The molecule has 112 valence electrons. The van der Waals surface area contributed by atoms with E-state index < -0.39 is 17.4 Å². The molecule has 0 aliphatic rings. The molecule has 0 saturated heterocycles. The second-order valence-corrected chi connectivity index (χ2v) is 5.01. The monoisotopic (exact) mass is 313 g/mol. The van der Waals surface area contributed by atoms with Crippen LogP contribution in [-0.2, 0) is 12.7 Å². The number of halogens is 3. The van der Waals surface area contributed by atoms with Gasteiger partial charge in [0.25, 0.3) is 5.56 Å². The molecule has 0 fully saturated rings. The first-order chi connectivity index (χ1) is 9.93. The third kappa shape index (κ3) is 3.69. The summed E-state index contributed by atoms with van der Waals surface area (Å²) in [5.74, 6) is 0.0820. The Morgan fingerprint density at radius 1 is 1.05 bits per heavy atom. The first-order valence-electron chi connectivity index (χ1n) is 6.36. The zero-order chi connectivity index (χ0) is 15.5. The smallest absolute Gasteiger partial charge is 0.304 e. The predicted molar refractivity (Wildman–Crippen MR) is 78.7 cm³/mol. The number of rotatable bonds is 4. The molecule has 0 aliphatic heterocycles. The van der Waals surface area contributed by atoms with E-state index in [0.717, 1.165) is 28.3 Å². The second-order valence-electron chi connectivity index (χ2n) is 4.65. The van der Waals surface area contributed by atoms with Gasteiger partial charge in [0.15, 0.2) is 0 Å². The Labute approximate surface area is 125 Å². The number of pyridine rings is 1. The molecule has 1 heterocycles. The molecule has 2 nitrogen and oxygen atoms in total. The summed E-state index contributed by atoms with van der Waals surface area (Å²) in [7, 11) is 0. The van der Waals surface area contributed by atoms with Gasteiger partial charge in [-0.3, -0.25) is 4.79 Å². The Morgan fingerprint density at radius 2 is 1.71 bits per heavy atom. The molecule has 0 saturated carbocycles. The summed E-state index contributed by atoms with van der Waals surface area (Å²) in [6.45, 7) is -0.0535. The van der Waals surface area contributed by atoms with Gasteiger partial charge in [-0.05, 0) is 17.4 Å². The van der Waals surface area contributed by atoms with Crippen LogP contribution in [0.1, 0.15) is 17.2 Å². The summed E-state index contributed by atoms with van der Waals surface area (Å²) in [6.07, 6.45) is -4.56. The van der Waals surface area contributed by atoms with Crippen LogP contribution in [0.2, 0.25) is 0 Å². The number of thiol groups is 1. The van der Waals surface area contributed by atoms with Gasteiger partial charge in [-0.25, -0.2) is 0 Å². The van der Waals surface area contributed by atoms with Crippen molar-refractivity contribution >= 4 is 12.6 Å². The number of nitrogens with zero attached hydrogens (tertiary/aromatic N) is 1. The van der Waals surface area contributed by atoms with Crippen LogP contribution in [-0.4, -0.2) is 10.3 Å². The van der Waals surface area contributed by atoms with Crippen molar-refractivity contribution in [1.82, 2.24) is 4.57 Å². The van der Waals surface area contributed by atoms with Gasteiger partial charge >= 0.3 is 6.18 Å². The first-order valence-corrected chi connectivity index (χ1v) is 6.99. The molecule has 1 atom stereocenters. The van der Waals surface area contributed by atoms with E-state index in [1.807, 2.05) is 30.3 Å². The lowest BCUT2D eigenvalue weighted by Gasteiger charge is -2.20. The molecule has 0 radical (unpaired) electrons. The summed E-state index contributed by atoms with van der Waals surface area (Å²) in [5, 5.41) is 0. The van der Waals surface area contributed by atoms with Gasteiger partial charge < -0.3 is 4.57 Å². The zero-order valence-electron chi connectivity index (χ0n) is 11.0. The summed E-state index contributed by atoms with van der Waals surface area (Å²) >= 11 is 4.20. The van der Waals surface area contributed by atoms with Crippen LogP contribution in [0, 0.1) is 0 Å². The van der Waals surface area contributed by atoms with Crippen LogP contribution < -0.4 is 5.56 Å². The van der Waals surface area contributed by atoms with Gasteiger partial charge in [-0.2, -0.15) is 25.8 Å². The van der Waals surface area contributed by atoms with Crippen molar-refractivity contribution < 1.29 is 13.2 Å². The van der Waals surface area contributed by atoms with Gasteiger partial charge in [0.1, 0.15) is 5.69 Å². The lowest BCUT2D eigenvalue weighted by atomic mass is 10.0. The molecule has 2 aromatic rings. The van der Waals surface area contributed by atoms with Crippen molar-refractivity contribution in [2.24, 2.45) is 0 Å². The van der Waals surface area contributed by atoms with Crippen LogP contribution in [0.3, 0.4) is 0 Å². The highest BCUT2D eigenvalue weighted by Gasteiger charge is 2.34. The minimum atomic E-state index is -4.56. The fourth-order valence-corrected chi connectivity index (χ4v) is 2.50. The van der Waals surface area contributed by atoms with E-state index in [1.54, 1.807) is 0 Å². The highest BCUT2D eigenvalue weighted by molar-refractivity contribution is 7.80. The Balaban J connectivity index is 2.41. The molecular formula is C15H14F3NOS. The Morgan fingerprint density at radius 3 is 2.29 bits per heavy atom. The van der Waals surface area contributed by atoms with E-state index in [4.69, 9.17) is 0 Å². The molecule has 0 aliphatic carbocycles. The molecule has 1 unspecified atom stereocenters. The molecular weight excluding hydrogens is 299 g/mol. The molecule has 2 rings (SSSR count). The molecule has 0 N–H and O–H groups in total. The van der Waals surface area contributed by atoms with E-state index in [-0.39, 0.29) is 12.5 Å². The van der Waals surface area contributed by atoms with E-state index in [9.17, 15) is 18.0 Å². The van der Waals surface area contributed by atoms with Crippen LogP contribution in [0.5, 0.6) is 0 Å². The van der Waals surface area contributed by atoms with Crippen molar-refractivity contribution in [3.05, 3.63) is 70.1 Å². The summed E-state index contributed by atoms with van der Waals surface area (Å²) in [5.41, 5.74) is -0.735. The number of alkyl halides is 3. The van der Waals surface area contributed by atoms with Gasteiger partial charge in [-0.15, -0.1) is 0 Å². The average molecular weight is 313 g/mol. The normalized spacial score (nSPS) is 13.1. The fourth-order valence-electron chi connectivity index (χ4n) is 2.17. The lowest BCUT2D eigenvalue weighted by Crippen LogP contribution is -2.29. The van der Waals surface area contributed by atoms with E-state index >= 15 is 0 Å². The number of benzene rings is 1. The maximum Gasteiger partial charge on any atom is 0.431 e. The molecule has 1 aromatic heterocycles. The Bertz CT molecular complexity index is 652. The van der Waals surface area contributed by atoms with E-state index in [2.05, 4.69) is 12.6 Å². The van der Waals surface area contributed by atoms with Gasteiger partial charge in [-0.1, -0.05) is 36.4 Å². The van der Waals surface area contributed by atoms with E-state index in [1.165, 1.54) is 0 Å². The standard InChI is InChI=1S/C15H14F3NOS/c16-15(17,18)13-7-4-8-14(20)19(13)9-12(10-21)11-5-2-1-3-6-11/h1-8,12,21H,9-10H2. The van der Waals surface area contributed by atoms with Crippen LogP contribution in [0.4, 0.5) is 13.2 Å². The van der Waals surface area contributed by atoms with Crippen molar-refractivity contribution in [2.45, 2.75) is 18.6 Å². The van der Waals surface area contributed by atoms with Gasteiger partial charge in [0.05, 0.1) is 0 Å². The van der Waals surface area contributed by atoms with Gasteiger partial charge in [0.2, 0.25) is 0 Å². The van der Waals surface area contributed by atoms with Crippen molar-refractivity contribution in [3.8, 4) is 0 Å². The number of hydrogen-bond acceptors (Lipinski definition) is 2. The lowest BCUT2D eigenvalue weighted by molar-refractivity contribution is -0.144. The van der Waals surface area contributed by atoms with Crippen LogP contribution in [0.15, 0.2) is 53.3 Å². The SMILES string of the molecule is O=c1cccc(C(F)(F)F)n1CC(CS)c1ccccc1. The maximum absolute atomic E-state index is 13.0. The average Bonchev–Trinajstić information content (AvgIpc) is 2.45. The molecule has 0 bridgehead atoms. The topological polar surface area (TPSA) is 22.0 Å². The summed E-state index contributed by atoms with van der Waals surface area (Å²) in [6, 6.07) is 12.3. The Kier molecular flexibility index (Phi) is 4.77. The van der Waals surface area contributed by atoms with Crippen LogP contribution >= 0.6 is 12.6 Å². The quantitative estimate of drug-likeness (QED) is 0.856. The highest BCUT2D eigenvalue weighted by Crippen LogP contribution is 2.29. The van der Waals surface area contributed by atoms with Crippen LogP contribution in [0.25, 0.3) is 0 Å². The van der Waals surface area contributed by atoms with E-state index in [0.29, 0.717) is 5.75 Å². The van der Waals surface area contributed by atoms with Crippen molar-refractivity contribution in [2.75, 3.05) is 5.75 Å². The predicted octanol–water partition coefficient (Wildman–Crippen LogP) is 3.58. The van der Waals surface area contributed by atoms with Crippen molar-refractivity contribution in [1.29, 1.82) is 0 Å². The van der Waals surface area contributed by atoms with Gasteiger partial charge in [0, 0.05) is 18.5 Å². The molecule has 1 aromatic carbocycles. The summed E-state index contributed by atoms with van der Waals surface area (Å²) < 4.78 is 39.8.